The molecular weight excluding hydrogens is 384 g/mol. The van der Waals surface area contributed by atoms with Crippen LogP contribution in [0.25, 0.3) is 0 Å². The van der Waals surface area contributed by atoms with Crippen molar-refractivity contribution in [2.45, 2.75) is 31.9 Å². The lowest BCUT2D eigenvalue weighted by atomic mass is 9.83. The summed E-state index contributed by atoms with van der Waals surface area (Å²) in [6.07, 6.45) is -0.306. The van der Waals surface area contributed by atoms with Gasteiger partial charge in [-0.15, -0.1) is 0 Å². The first kappa shape index (κ1) is 21.2. The molecule has 0 N–H and O–H groups in total. The lowest BCUT2D eigenvalue weighted by Crippen LogP contribution is -2.46. The van der Waals surface area contributed by atoms with Gasteiger partial charge in [0.2, 0.25) is 5.91 Å². The van der Waals surface area contributed by atoms with E-state index in [1.807, 2.05) is 18.2 Å². The Kier molecular flexibility index (Phi) is 6.58. The molecule has 7 heteroatoms. The van der Waals surface area contributed by atoms with Gasteiger partial charge in [0.1, 0.15) is 17.6 Å². The van der Waals surface area contributed by atoms with Gasteiger partial charge >= 0.3 is 5.97 Å². The molecule has 30 heavy (non-hydrogen) atoms. The number of amides is 1. The van der Waals surface area contributed by atoms with E-state index in [-0.39, 0.29) is 12.3 Å². The van der Waals surface area contributed by atoms with Crippen LogP contribution in [0.4, 0.5) is 5.69 Å². The quantitative estimate of drug-likeness (QED) is 0.678. The van der Waals surface area contributed by atoms with Crippen LogP contribution in [-0.4, -0.2) is 32.2 Å². The van der Waals surface area contributed by atoms with Crippen LogP contribution in [0.1, 0.15) is 31.4 Å². The first-order chi connectivity index (χ1) is 14.5. The molecule has 0 aliphatic carbocycles. The Balaban J connectivity index is 2.04. The van der Waals surface area contributed by atoms with Crippen molar-refractivity contribution >= 4 is 17.6 Å². The number of nitriles is 1. The third-order valence-corrected chi connectivity index (χ3v) is 5.18. The fraction of sp³-hybridized carbons (Fsp3) is 0.348. The summed E-state index contributed by atoms with van der Waals surface area (Å²) in [4.78, 5) is 27.5. The zero-order valence-corrected chi connectivity index (χ0v) is 17.2. The predicted molar refractivity (Wildman–Crippen MR) is 110 cm³/mol. The fourth-order valence-electron chi connectivity index (χ4n) is 3.66. The lowest BCUT2D eigenvalue weighted by molar-refractivity contribution is -0.153. The summed E-state index contributed by atoms with van der Waals surface area (Å²) in [6, 6.07) is 15.7. The van der Waals surface area contributed by atoms with Crippen molar-refractivity contribution in [1.82, 2.24) is 0 Å². The van der Waals surface area contributed by atoms with Crippen LogP contribution in [0.5, 0.6) is 11.5 Å². The Morgan fingerprint density at radius 1 is 1.07 bits per heavy atom. The van der Waals surface area contributed by atoms with Crippen molar-refractivity contribution in [3.63, 3.8) is 0 Å². The van der Waals surface area contributed by atoms with Gasteiger partial charge in [0.05, 0.1) is 26.2 Å². The van der Waals surface area contributed by atoms with E-state index in [1.54, 1.807) is 55.5 Å². The van der Waals surface area contributed by atoms with Gasteiger partial charge in [0.25, 0.3) is 0 Å². The molecule has 1 aliphatic heterocycles. The minimum absolute atomic E-state index is 0.0848. The van der Waals surface area contributed by atoms with Crippen LogP contribution >= 0.6 is 0 Å². The topological polar surface area (TPSA) is 88.9 Å². The molecule has 3 rings (SSSR count). The standard InChI is InChI=1S/C23H24N2O5/c1-15(14-24)30-23(27)20-12-13-21(26)25(17-6-10-19(29-3)11-7-17)22(20)16-4-8-18(28-2)9-5-16/h4-11,15,20,22H,12-13H2,1-3H3/t15-,20-,22+/m0/s1. The van der Waals surface area contributed by atoms with Crippen molar-refractivity contribution in [2.24, 2.45) is 5.92 Å². The number of esters is 1. The maximum absolute atomic E-state index is 13.0. The highest BCUT2D eigenvalue weighted by molar-refractivity contribution is 5.97. The molecule has 2 aromatic rings. The second kappa shape index (κ2) is 9.31. The highest BCUT2D eigenvalue weighted by Gasteiger charge is 2.42. The summed E-state index contributed by atoms with van der Waals surface area (Å²) in [5, 5.41) is 9.03. The number of ether oxygens (including phenoxy) is 3. The first-order valence-corrected chi connectivity index (χ1v) is 9.68. The molecule has 0 unspecified atom stereocenters. The fourth-order valence-corrected chi connectivity index (χ4v) is 3.66. The minimum Gasteiger partial charge on any atom is -0.497 e. The van der Waals surface area contributed by atoms with Gasteiger partial charge in [-0.3, -0.25) is 9.59 Å². The molecule has 1 aliphatic rings. The van der Waals surface area contributed by atoms with E-state index in [4.69, 9.17) is 19.5 Å². The number of methoxy groups -OCH3 is 2. The smallest absolute Gasteiger partial charge is 0.312 e. The van der Waals surface area contributed by atoms with Crippen molar-refractivity contribution in [3.8, 4) is 17.6 Å². The van der Waals surface area contributed by atoms with E-state index in [1.165, 1.54) is 6.92 Å². The molecular formula is C23H24N2O5. The van der Waals surface area contributed by atoms with E-state index in [0.29, 0.717) is 23.6 Å². The summed E-state index contributed by atoms with van der Waals surface area (Å²) in [6.45, 7) is 1.52. The van der Waals surface area contributed by atoms with Crippen LogP contribution in [0, 0.1) is 17.2 Å². The molecule has 0 bridgehead atoms. The van der Waals surface area contributed by atoms with Crippen LogP contribution < -0.4 is 14.4 Å². The molecule has 1 heterocycles. The van der Waals surface area contributed by atoms with Gasteiger partial charge in [-0.25, -0.2) is 0 Å². The van der Waals surface area contributed by atoms with E-state index < -0.39 is 24.0 Å². The van der Waals surface area contributed by atoms with Crippen molar-refractivity contribution in [3.05, 3.63) is 54.1 Å². The van der Waals surface area contributed by atoms with Crippen LogP contribution in [0.2, 0.25) is 0 Å². The van der Waals surface area contributed by atoms with E-state index in [9.17, 15) is 9.59 Å². The number of nitrogens with zero attached hydrogens (tertiary/aromatic N) is 2. The van der Waals surface area contributed by atoms with Gasteiger partial charge in [-0.2, -0.15) is 5.26 Å². The Labute approximate surface area is 175 Å². The minimum atomic E-state index is -0.860. The summed E-state index contributed by atoms with van der Waals surface area (Å²) in [5.41, 5.74) is 1.44. The highest BCUT2D eigenvalue weighted by atomic mass is 16.5. The average Bonchev–Trinajstić information content (AvgIpc) is 2.78. The van der Waals surface area contributed by atoms with Gasteiger partial charge in [0, 0.05) is 12.1 Å². The number of hydrogen-bond donors (Lipinski definition) is 0. The zero-order chi connectivity index (χ0) is 21.7. The Bertz CT molecular complexity index is 934. The molecule has 1 fully saturated rings. The van der Waals surface area contributed by atoms with Gasteiger partial charge < -0.3 is 19.1 Å². The average molecular weight is 408 g/mol. The lowest BCUT2D eigenvalue weighted by Gasteiger charge is -2.40. The normalized spacial score (nSPS) is 19.5. The first-order valence-electron chi connectivity index (χ1n) is 9.68. The largest absolute Gasteiger partial charge is 0.497 e. The summed E-state index contributed by atoms with van der Waals surface area (Å²) in [7, 11) is 3.15. The Morgan fingerprint density at radius 2 is 1.63 bits per heavy atom. The number of carbonyl (C=O) groups excluding carboxylic acids is 2. The Hall–Kier alpha value is -3.53. The summed E-state index contributed by atoms with van der Waals surface area (Å²) < 4.78 is 15.8. The maximum Gasteiger partial charge on any atom is 0.312 e. The maximum atomic E-state index is 13.0. The van der Waals surface area contributed by atoms with Crippen molar-refractivity contribution < 1.29 is 23.8 Å². The van der Waals surface area contributed by atoms with Crippen LogP contribution in [-0.2, 0) is 14.3 Å². The van der Waals surface area contributed by atoms with E-state index in [0.717, 1.165) is 5.56 Å². The Morgan fingerprint density at radius 3 is 2.17 bits per heavy atom. The number of carbonyl (C=O) groups is 2. The highest BCUT2D eigenvalue weighted by Crippen LogP contribution is 2.41. The molecule has 0 saturated carbocycles. The van der Waals surface area contributed by atoms with E-state index >= 15 is 0 Å². The molecule has 0 aromatic heterocycles. The van der Waals surface area contributed by atoms with Crippen LogP contribution in [0.15, 0.2) is 48.5 Å². The predicted octanol–water partition coefficient (Wildman–Crippen LogP) is 3.64. The third kappa shape index (κ3) is 4.38. The summed E-state index contributed by atoms with van der Waals surface area (Å²) >= 11 is 0. The zero-order valence-electron chi connectivity index (χ0n) is 17.2. The molecule has 156 valence electrons. The SMILES string of the molecule is COc1ccc([C@@H]2[C@@H](C(=O)O[C@@H](C)C#N)CCC(=O)N2c2ccc(OC)cc2)cc1. The second-order valence-electron chi connectivity index (χ2n) is 7.03. The molecule has 7 nitrogen and oxygen atoms in total. The van der Waals surface area contributed by atoms with Gasteiger partial charge in [-0.05, 0) is 55.3 Å². The summed E-state index contributed by atoms with van der Waals surface area (Å²) in [5.74, 6) is 0.167. The molecule has 0 spiro atoms. The second-order valence-corrected chi connectivity index (χ2v) is 7.03. The third-order valence-electron chi connectivity index (χ3n) is 5.18. The number of hydrogen-bond acceptors (Lipinski definition) is 6. The number of rotatable bonds is 6. The van der Waals surface area contributed by atoms with E-state index in [2.05, 4.69) is 0 Å². The van der Waals surface area contributed by atoms with Crippen molar-refractivity contribution in [1.29, 1.82) is 5.26 Å². The number of anilines is 1. The molecule has 2 aromatic carbocycles. The molecule has 0 radical (unpaired) electrons. The number of benzene rings is 2. The molecule has 1 saturated heterocycles. The molecule has 3 atom stereocenters. The van der Waals surface area contributed by atoms with Crippen molar-refractivity contribution in [2.75, 3.05) is 19.1 Å². The monoisotopic (exact) mass is 408 g/mol. The van der Waals surface area contributed by atoms with Gasteiger partial charge in [-0.1, -0.05) is 12.1 Å². The van der Waals surface area contributed by atoms with Gasteiger partial charge in [0.15, 0.2) is 6.10 Å². The van der Waals surface area contributed by atoms with Crippen LogP contribution in [0.3, 0.4) is 0 Å². The molecule has 1 amide bonds. The number of piperidine rings is 1.